The number of aryl methyl sites for hydroxylation is 2. The molecule has 2 heterocycles. The highest BCUT2D eigenvalue weighted by molar-refractivity contribution is 7.99. The number of ether oxygens (including phenoxy) is 1. The van der Waals surface area contributed by atoms with Crippen LogP contribution in [0.2, 0.25) is 0 Å². The van der Waals surface area contributed by atoms with E-state index in [1.807, 2.05) is 55.5 Å². The Kier molecular flexibility index (Phi) is 5.39. The minimum Gasteiger partial charge on any atom is -0.484 e. The molecule has 2 aromatic heterocycles. The molecule has 0 aliphatic rings. The van der Waals surface area contributed by atoms with Crippen molar-refractivity contribution < 1.29 is 13.6 Å². The van der Waals surface area contributed by atoms with Crippen molar-refractivity contribution >= 4 is 22.9 Å². The van der Waals surface area contributed by atoms with Gasteiger partial charge in [0.1, 0.15) is 11.3 Å². The Balaban J connectivity index is 1.22. The van der Waals surface area contributed by atoms with E-state index in [1.165, 1.54) is 11.8 Å². The SMILES string of the molecule is Cc1cccc(OCc2nnc(SCCCc3nc4ccccc4o3)o2)c1. The minimum absolute atomic E-state index is 0.264. The van der Waals surface area contributed by atoms with Gasteiger partial charge in [0.15, 0.2) is 18.1 Å². The Morgan fingerprint density at radius 1 is 1.00 bits per heavy atom. The van der Waals surface area contributed by atoms with E-state index in [1.54, 1.807) is 0 Å². The van der Waals surface area contributed by atoms with Crippen molar-refractivity contribution in [1.82, 2.24) is 15.2 Å². The Morgan fingerprint density at radius 3 is 2.81 bits per heavy atom. The molecule has 0 saturated heterocycles. The summed E-state index contributed by atoms with van der Waals surface area (Å²) in [5.74, 6) is 2.87. The van der Waals surface area contributed by atoms with Crippen molar-refractivity contribution in [2.24, 2.45) is 0 Å². The molecule has 0 spiro atoms. The van der Waals surface area contributed by atoms with Gasteiger partial charge < -0.3 is 13.6 Å². The molecule has 0 aliphatic heterocycles. The van der Waals surface area contributed by atoms with E-state index in [0.29, 0.717) is 11.1 Å². The second kappa shape index (κ2) is 8.26. The van der Waals surface area contributed by atoms with E-state index in [4.69, 9.17) is 13.6 Å². The Hall–Kier alpha value is -2.80. The van der Waals surface area contributed by atoms with Crippen LogP contribution in [-0.4, -0.2) is 20.9 Å². The molecule has 0 saturated carbocycles. The predicted molar refractivity (Wildman–Crippen MR) is 103 cm³/mol. The van der Waals surface area contributed by atoms with Crippen LogP contribution in [0.1, 0.15) is 23.8 Å². The fourth-order valence-corrected chi connectivity index (χ4v) is 3.33. The zero-order valence-corrected chi connectivity index (χ0v) is 15.7. The predicted octanol–water partition coefficient (Wildman–Crippen LogP) is 4.82. The largest absolute Gasteiger partial charge is 0.484 e. The molecule has 0 bridgehead atoms. The molecule has 2 aromatic carbocycles. The molecule has 7 heteroatoms. The number of benzene rings is 2. The van der Waals surface area contributed by atoms with E-state index < -0.39 is 0 Å². The number of thioether (sulfide) groups is 1. The third kappa shape index (κ3) is 4.68. The average molecular weight is 381 g/mol. The highest BCUT2D eigenvalue weighted by Gasteiger charge is 2.09. The summed E-state index contributed by atoms with van der Waals surface area (Å²) in [6.45, 7) is 2.29. The first-order valence-electron chi connectivity index (χ1n) is 8.75. The first-order chi connectivity index (χ1) is 13.3. The maximum atomic E-state index is 5.72. The minimum atomic E-state index is 0.264. The molecule has 0 N–H and O–H groups in total. The van der Waals surface area contributed by atoms with E-state index >= 15 is 0 Å². The topological polar surface area (TPSA) is 74.2 Å². The zero-order chi connectivity index (χ0) is 18.5. The summed E-state index contributed by atoms with van der Waals surface area (Å²) in [4.78, 5) is 4.48. The maximum absolute atomic E-state index is 5.72. The summed E-state index contributed by atoms with van der Waals surface area (Å²) in [5.41, 5.74) is 2.87. The molecule has 0 aliphatic carbocycles. The van der Waals surface area contributed by atoms with Crippen LogP contribution < -0.4 is 4.74 Å². The van der Waals surface area contributed by atoms with E-state index in [0.717, 1.165) is 46.9 Å². The van der Waals surface area contributed by atoms with Crippen LogP contribution in [0.5, 0.6) is 5.75 Å². The van der Waals surface area contributed by atoms with Gasteiger partial charge in [0.25, 0.3) is 11.1 Å². The fraction of sp³-hybridized carbons (Fsp3) is 0.250. The normalized spacial score (nSPS) is 11.1. The Labute approximate surface area is 161 Å². The fourth-order valence-electron chi connectivity index (χ4n) is 2.61. The lowest BCUT2D eigenvalue weighted by atomic mass is 10.2. The molecule has 27 heavy (non-hydrogen) atoms. The molecule has 6 nitrogen and oxygen atoms in total. The van der Waals surface area contributed by atoms with E-state index in [-0.39, 0.29) is 6.61 Å². The van der Waals surface area contributed by atoms with Crippen molar-refractivity contribution in [2.45, 2.75) is 31.6 Å². The molecule has 4 aromatic rings. The number of hydrogen-bond donors (Lipinski definition) is 0. The lowest BCUT2D eigenvalue weighted by Crippen LogP contribution is -1.95. The third-order valence-corrected chi connectivity index (χ3v) is 4.80. The molecule has 0 radical (unpaired) electrons. The smallest absolute Gasteiger partial charge is 0.276 e. The average Bonchev–Trinajstić information content (AvgIpc) is 3.30. The number of para-hydroxylation sites is 2. The molecule has 0 atom stereocenters. The summed E-state index contributed by atoms with van der Waals surface area (Å²) >= 11 is 1.53. The third-order valence-electron chi connectivity index (χ3n) is 3.90. The lowest BCUT2D eigenvalue weighted by molar-refractivity contribution is 0.252. The van der Waals surface area contributed by atoms with E-state index in [9.17, 15) is 0 Å². The first kappa shape index (κ1) is 17.6. The van der Waals surface area contributed by atoms with Crippen molar-refractivity contribution in [1.29, 1.82) is 0 Å². The van der Waals surface area contributed by atoms with Crippen LogP contribution in [0, 0.1) is 6.92 Å². The summed E-state index contributed by atoms with van der Waals surface area (Å²) in [6, 6.07) is 15.6. The highest BCUT2D eigenvalue weighted by atomic mass is 32.2. The highest BCUT2D eigenvalue weighted by Crippen LogP contribution is 2.21. The number of fused-ring (bicyclic) bond motifs is 1. The van der Waals surface area contributed by atoms with Gasteiger partial charge in [-0.25, -0.2) is 4.98 Å². The summed E-state index contributed by atoms with van der Waals surface area (Å²) < 4.78 is 17.0. The van der Waals surface area contributed by atoms with Gasteiger partial charge in [-0.3, -0.25) is 0 Å². The van der Waals surface area contributed by atoms with Crippen LogP contribution in [0.15, 0.2) is 62.6 Å². The summed E-state index contributed by atoms with van der Waals surface area (Å²) in [6.07, 6.45) is 1.69. The number of oxazole rings is 1. The zero-order valence-electron chi connectivity index (χ0n) is 14.9. The van der Waals surface area contributed by atoms with Gasteiger partial charge in [-0.2, -0.15) is 0 Å². The van der Waals surface area contributed by atoms with Gasteiger partial charge >= 0.3 is 0 Å². The standard InChI is InChI=1S/C20H19N3O3S/c1-14-6-4-7-15(12-14)24-13-19-22-23-20(26-19)27-11-5-10-18-21-16-8-2-3-9-17(16)25-18/h2-4,6-9,12H,5,10-11,13H2,1H3. The molecular formula is C20H19N3O3S. The number of hydrogen-bond acceptors (Lipinski definition) is 7. The summed E-state index contributed by atoms with van der Waals surface area (Å²) in [7, 11) is 0. The van der Waals surface area contributed by atoms with Crippen LogP contribution in [0.3, 0.4) is 0 Å². The first-order valence-corrected chi connectivity index (χ1v) is 9.74. The Bertz CT molecular complexity index is 995. The lowest BCUT2D eigenvalue weighted by Gasteiger charge is -2.03. The maximum Gasteiger partial charge on any atom is 0.276 e. The second-order valence-corrected chi connectivity index (χ2v) is 7.14. The van der Waals surface area contributed by atoms with E-state index in [2.05, 4.69) is 15.2 Å². The van der Waals surface area contributed by atoms with Crippen molar-refractivity contribution in [3.63, 3.8) is 0 Å². The van der Waals surface area contributed by atoms with Crippen molar-refractivity contribution in [3.8, 4) is 5.75 Å². The van der Waals surface area contributed by atoms with Crippen LogP contribution in [-0.2, 0) is 13.0 Å². The quantitative estimate of drug-likeness (QED) is 0.320. The summed E-state index contributed by atoms with van der Waals surface area (Å²) in [5, 5.41) is 8.63. The van der Waals surface area contributed by atoms with Gasteiger partial charge in [0.05, 0.1) is 0 Å². The molecular weight excluding hydrogens is 362 g/mol. The van der Waals surface area contributed by atoms with Crippen LogP contribution in [0.4, 0.5) is 0 Å². The van der Waals surface area contributed by atoms with Gasteiger partial charge in [0, 0.05) is 12.2 Å². The van der Waals surface area contributed by atoms with Crippen LogP contribution in [0.25, 0.3) is 11.1 Å². The van der Waals surface area contributed by atoms with Gasteiger partial charge in [-0.1, -0.05) is 36.0 Å². The van der Waals surface area contributed by atoms with Gasteiger partial charge in [0.2, 0.25) is 0 Å². The molecule has 0 amide bonds. The Morgan fingerprint density at radius 2 is 1.93 bits per heavy atom. The molecule has 138 valence electrons. The number of aromatic nitrogens is 3. The number of rotatable bonds is 8. The van der Waals surface area contributed by atoms with Crippen LogP contribution >= 0.6 is 11.8 Å². The van der Waals surface area contributed by atoms with Crippen molar-refractivity contribution in [3.05, 3.63) is 65.9 Å². The second-order valence-electron chi connectivity index (χ2n) is 6.09. The van der Waals surface area contributed by atoms with Crippen molar-refractivity contribution in [2.75, 3.05) is 5.75 Å². The number of nitrogens with zero attached hydrogens (tertiary/aromatic N) is 3. The van der Waals surface area contributed by atoms with Gasteiger partial charge in [-0.15, -0.1) is 10.2 Å². The molecule has 0 fully saturated rings. The monoisotopic (exact) mass is 381 g/mol. The van der Waals surface area contributed by atoms with Gasteiger partial charge in [-0.05, 0) is 43.2 Å². The molecule has 4 rings (SSSR count). The molecule has 0 unspecified atom stereocenters.